The van der Waals surface area contributed by atoms with Crippen molar-refractivity contribution in [1.29, 1.82) is 0 Å². The van der Waals surface area contributed by atoms with Crippen LogP contribution in [0.15, 0.2) is 29.2 Å². The number of carbonyl (C=O) groups excluding carboxylic acids is 1. The molecular weight excluding hydrogens is 424 g/mol. The zero-order valence-corrected chi connectivity index (χ0v) is 19.7. The summed E-state index contributed by atoms with van der Waals surface area (Å²) in [4.78, 5) is 12.7. The second kappa shape index (κ2) is 9.07. The van der Waals surface area contributed by atoms with E-state index >= 15 is 0 Å². The van der Waals surface area contributed by atoms with E-state index in [1.54, 1.807) is 12.1 Å². The lowest BCUT2D eigenvalue weighted by Crippen LogP contribution is -2.47. The van der Waals surface area contributed by atoms with Crippen molar-refractivity contribution in [3.63, 3.8) is 0 Å². The first kappa shape index (κ1) is 22.4. The predicted octanol–water partition coefficient (Wildman–Crippen LogP) is 3.36. The van der Waals surface area contributed by atoms with Crippen LogP contribution in [0.4, 0.5) is 0 Å². The molecule has 1 saturated heterocycles. The SMILES string of the molecule is O=C(CCc1ccc(S(=O)(=O)N2CCOCC2)cc1)NCCC12CC3CC(CC(C3)C1)C2. The highest BCUT2D eigenvalue weighted by atomic mass is 32.2. The van der Waals surface area contributed by atoms with Crippen LogP contribution >= 0.6 is 0 Å². The summed E-state index contributed by atoms with van der Waals surface area (Å²) in [5.74, 6) is 2.95. The molecule has 6 nitrogen and oxygen atoms in total. The van der Waals surface area contributed by atoms with E-state index in [9.17, 15) is 13.2 Å². The van der Waals surface area contributed by atoms with Gasteiger partial charge in [-0.15, -0.1) is 0 Å². The minimum Gasteiger partial charge on any atom is -0.379 e. The standard InChI is InChI=1S/C25H36N2O4S/c28-24(26-8-7-25-16-20-13-21(17-25)15-22(14-20)18-25)6-3-19-1-4-23(5-2-19)32(29,30)27-9-11-31-12-10-27/h1-2,4-5,20-22H,3,6-18H2,(H,26,28). The van der Waals surface area contributed by atoms with Crippen molar-refractivity contribution >= 4 is 15.9 Å². The first-order valence-corrected chi connectivity index (χ1v) is 13.8. The molecule has 0 aromatic heterocycles. The summed E-state index contributed by atoms with van der Waals surface area (Å²) < 4.78 is 32.2. The third-order valence-corrected chi connectivity index (χ3v) is 10.2. The van der Waals surface area contributed by atoms with Crippen molar-refractivity contribution in [2.24, 2.45) is 23.2 Å². The first-order valence-electron chi connectivity index (χ1n) is 12.4. The van der Waals surface area contributed by atoms with Gasteiger partial charge in [-0.1, -0.05) is 12.1 Å². The highest BCUT2D eigenvalue weighted by Crippen LogP contribution is 2.61. The summed E-state index contributed by atoms with van der Waals surface area (Å²) in [7, 11) is -3.47. The molecule has 1 aromatic rings. The lowest BCUT2D eigenvalue weighted by Gasteiger charge is -2.57. The van der Waals surface area contributed by atoms with Crippen LogP contribution in [0.5, 0.6) is 0 Å². The summed E-state index contributed by atoms with van der Waals surface area (Å²) in [6.07, 6.45) is 10.7. The summed E-state index contributed by atoms with van der Waals surface area (Å²) in [5, 5.41) is 3.15. The minimum atomic E-state index is -3.47. The number of carbonyl (C=O) groups is 1. The smallest absolute Gasteiger partial charge is 0.243 e. The number of nitrogens with one attached hydrogen (secondary N) is 1. The number of nitrogens with zero attached hydrogens (tertiary/aromatic N) is 1. The fourth-order valence-corrected chi connectivity index (χ4v) is 8.58. The summed E-state index contributed by atoms with van der Waals surface area (Å²) in [6, 6.07) is 6.97. The highest BCUT2D eigenvalue weighted by Gasteiger charge is 2.50. The molecule has 4 saturated carbocycles. The molecule has 1 aromatic carbocycles. The fraction of sp³-hybridized carbons (Fsp3) is 0.720. The van der Waals surface area contributed by atoms with Crippen molar-refractivity contribution in [1.82, 2.24) is 9.62 Å². The Morgan fingerprint density at radius 3 is 2.19 bits per heavy atom. The Hall–Kier alpha value is -1.44. The molecular formula is C25H36N2O4S. The quantitative estimate of drug-likeness (QED) is 0.645. The number of morpholine rings is 1. The molecule has 0 unspecified atom stereocenters. The van der Waals surface area contributed by atoms with Crippen LogP contribution in [0.1, 0.15) is 56.9 Å². The first-order chi connectivity index (χ1) is 15.4. The molecule has 0 radical (unpaired) electrons. The Bertz CT molecular complexity index is 886. The summed E-state index contributed by atoms with van der Waals surface area (Å²) in [5.41, 5.74) is 1.49. The third-order valence-electron chi connectivity index (χ3n) is 8.31. The Balaban J connectivity index is 1.07. The Morgan fingerprint density at radius 2 is 1.59 bits per heavy atom. The molecule has 5 aliphatic rings. The molecule has 7 heteroatoms. The zero-order valence-electron chi connectivity index (χ0n) is 18.9. The largest absolute Gasteiger partial charge is 0.379 e. The Morgan fingerprint density at radius 1 is 1.00 bits per heavy atom. The van der Waals surface area contributed by atoms with E-state index in [2.05, 4.69) is 5.32 Å². The second-order valence-electron chi connectivity index (χ2n) is 10.7. The molecule has 4 aliphatic carbocycles. The fourth-order valence-electron chi connectivity index (χ4n) is 7.17. The number of rotatable bonds is 8. The topological polar surface area (TPSA) is 75.7 Å². The van der Waals surface area contributed by atoms with Gasteiger partial charge in [0.15, 0.2) is 0 Å². The van der Waals surface area contributed by atoms with Crippen LogP contribution in [0.2, 0.25) is 0 Å². The molecule has 0 atom stereocenters. The summed E-state index contributed by atoms with van der Waals surface area (Å²) >= 11 is 0. The second-order valence-corrected chi connectivity index (χ2v) is 12.6. The molecule has 1 aliphatic heterocycles. The Labute approximate surface area is 192 Å². The van der Waals surface area contributed by atoms with Gasteiger partial charge < -0.3 is 10.1 Å². The van der Waals surface area contributed by atoms with E-state index in [0.29, 0.717) is 49.5 Å². The van der Waals surface area contributed by atoms with Crippen LogP contribution in [-0.4, -0.2) is 51.5 Å². The van der Waals surface area contributed by atoms with E-state index in [-0.39, 0.29) is 5.91 Å². The molecule has 176 valence electrons. The monoisotopic (exact) mass is 460 g/mol. The average Bonchev–Trinajstić information content (AvgIpc) is 2.77. The normalized spacial score (nSPS) is 32.2. The predicted molar refractivity (Wildman–Crippen MR) is 123 cm³/mol. The van der Waals surface area contributed by atoms with E-state index < -0.39 is 10.0 Å². The lowest BCUT2D eigenvalue weighted by molar-refractivity contribution is -0.121. The van der Waals surface area contributed by atoms with Gasteiger partial charge in [-0.3, -0.25) is 4.79 Å². The van der Waals surface area contributed by atoms with Crippen LogP contribution in [0.25, 0.3) is 0 Å². The lowest BCUT2D eigenvalue weighted by atomic mass is 9.49. The van der Waals surface area contributed by atoms with E-state index in [0.717, 1.165) is 36.3 Å². The van der Waals surface area contributed by atoms with Gasteiger partial charge in [0.1, 0.15) is 0 Å². The average molecular weight is 461 g/mol. The van der Waals surface area contributed by atoms with Crippen molar-refractivity contribution in [2.45, 2.75) is 62.7 Å². The van der Waals surface area contributed by atoms with Gasteiger partial charge in [-0.05, 0) is 92.2 Å². The number of ether oxygens (including phenoxy) is 1. The number of sulfonamides is 1. The molecule has 1 N–H and O–H groups in total. The summed E-state index contributed by atoms with van der Waals surface area (Å²) in [6.45, 7) is 2.47. The third kappa shape index (κ3) is 4.75. The molecule has 5 fully saturated rings. The maximum atomic E-state index is 12.7. The van der Waals surface area contributed by atoms with Crippen molar-refractivity contribution < 1.29 is 17.9 Å². The maximum absolute atomic E-state index is 12.7. The van der Waals surface area contributed by atoms with Crippen molar-refractivity contribution in [3.8, 4) is 0 Å². The van der Waals surface area contributed by atoms with Gasteiger partial charge in [0.05, 0.1) is 18.1 Å². The number of benzene rings is 1. The molecule has 0 spiro atoms. The molecule has 1 heterocycles. The Kier molecular flexibility index (Phi) is 6.34. The van der Waals surface area contributed by atoms with Gasteiger partial charge in [0.2, 0.25) is 15.9 Å². The van der Waals surface area contributed by atoms with Crippen LogP contribution in [0, 0.1) is 23.2 Å². The van der Waals surface area contributed by atoms with Gasteiger partial charge in [0, 0.05) is 26.1 Å². The molecule has 32 heavy (non-hydrogen) atoms. The molecule has 4 bridgehead atoms. The van der Waals surface area contributed by atoms with Crippen LogP contribution in [0.3, 0.4) is 0 Å². The van der Waals surface area contributed by atoms with E-state index in [1.807, 2.05) is 12.1 Å². The van der Waals surface area contributed by atoms with E-state index in [1.165, 1.54) is 42.8 Å². The zero-order chi connectivity index (χ0) is 22.2. The van der Waals surface area contributed by atoms with Crippen LogP contribution in [-0.2, 0) is 26.0 Å². The number of hydrogen-bond donors (Lipinski definition) is 1. The van der Waals surface area contributed by atoms with Gasteiger partial charge >= 0.3 is 0 Å². The highest BCUT2D eigenvalue weighted by molar-refractivity contribution is 7.89. The van der Waals surface area contributed by atoms with Crippen molar-refractivity contribution in [2.75, 3.05) is 32.8 Å². The van der Waals surface area contributed by atoms with Crippen LogP contribution < -0.4 is 5.32 Å². The van der Waals surface area contributed by atoms with E-state index in [4.69, 9.17) is 4.74 Å². The molecule has 1 amide bonds. The van der Waals surface area contributed by atoms with Gasteiger partial charge in [-0.2, -0.15) is 4.31 Å². The minimum absolute atomic E-state index is 0.0970. The number of hydrogen-bond acceptors (Lipinski definition) is 4. The number of aryl methyl sites for hydroxylation is 1. The maximum Gasteiger partial charge on any atom is 0.243 e. The van der Waals surface area contributed by atoms with Gasteiger partial charge in [0.25, 0.3) is 0 Å². The van der Waals surface area contributed by atoms with Crippen molar-refractivity contribution in [3.05, 3.63) is 29.8 Å². The number of amides is 1. The van der Waals surface area contributed by atoms with Gasteiger partial charge in [-0.25, -0.2) is 8.42 Å². The molecule has 6 rings (SSSR count).